The summed E-state index contributed by atoms with van der Waals surface area (Å²) >= 11 is 6.73. The molecular formula is C21H16ClNO7S. The molecule has 1 aliphatic rings. The van der Waals surface area contributed by atoms with Crippen LogP contribution in [0.25, 0.3) is 6.08 Å². The average Bonchev–Trinajstić information content (AvgIpc) is 3.01. The molecule has 160 valence electrons. The Bertz CT molecular complexity index is 1100. The number of hydrogen-bond donors (Lipinski definition) is 0. The van der Waals surface area contributed by atoms with Crippen LogP contribution in [0, 0.1) is 0 Å². The summed E-state index contributed by atoms with van der Waals surface area (Å²) in [5.41, 5.74) is 0.659. The molecule has 0 aliphatic carbocycles. The lowest BCUT2D eigenvalue weighted by Crippen LogP contribution is -2.34. The zero-order valence-electron chi connectivity index (χ0n) is 16.4. The number of methoxy groups -OCH3 is 2. The van der Waals surface area contributed by atoms with E-state index in [0.717, 1.165) is 4.90 Å². The fraction of sp³-hybridized carbons (Fsp3) is 0.143. The van der Waals surface area contributed by atoms with Gasteiger partial charge in [-0.3, -0.25) is 19.3 Å². The number of amides is 2. The van der Waals surface area contributed by atoms with E-state index < -0.39 is 29.6 Å². The van der Waals surface area contributed by atoms with Gasteiger partial charge < -0.3 is 14.2 Å². The second-order valence-corrected chi connectivity index (χ2v) is 7.52. The second-order valence-electron chi connectivity index (χ2n) is 6.12. The number of thioether (sulfide) groups is 1. The predicted octanol–water partition coefficient (Wildman–Crippen LogP) is 3.78. The van der Waals surface area contributed by atoms with Crippen molar-refractivity contribution in [2.24, 2.45) is 0 Å². The lowest BCUT2D eigenvalue weighted by molar-refractivity contribution is -0.143. The maximum Gasteiger partial charge on any atom is 0.345 e. The summed E-state index contributed by atoms with van der Waals surface area (Å²) in [5, 5.41) is -0.345. The van der Waals surface area contributed by atoms with Crippen molar-refractivity contribution in [2.75, 3.05) is 20.8 Å². The highest BCUT2D eigenvalue weighted by molar-refractivity contribution is 8.18. The van der Waals surface area contributed by atoms with Crippen LogP contribution in [-0.2, 0) is 14.3 Å². The number of nitrogens with zero attached hydrogens (tertiary/aromatic N) is 1. The Labute approximate surface area is 186 Å². The molecule has 2 aromatic rings. The van der Waals surface area contributed by atoms with E-state index in [1.165, 1.54) is 32.4 Å². The van der Waals surface area contributed by atoms with E-state index in [4.69, 9.17) is 21.1 Å². The van der Waals surface area contributed by atoms with Crippen molar-refractivity contribution in [1.82, 2.24) is 4.90 Å². The summed E-state index contributed by atoms with van der Waals surface area (Å²) in [5.74, 6) is -1.61. The van der Waals surface area contributed by atoms with Gasteiger partial charge in [0.05, 0.1) is 29.7 Å². The molecule has 1 saturated heterocycles. The van der Waals surface area contributed by atoms with Crippen LogP contribution in [0.5, 0.6) is 11.5 Å². The molecular weight excluding hydrogens is 446 g/mol. The van der Waals surface area contributed by atoms with Gasteiger partial charge in [0, 0.05) is 0 Å². The molecule has 3 rings (SSSR count). The maximum atomic E-state index is 12.5. The minimum atomic E-state index is -0.707. The molecule has 8 nitrogen and oxygen atoms in total. The second kappa shape index (κ2) is 9.67. The molecule has 0 atom stereocenters. The van der Waals surface area contributed by atoms with E-state index in [2.05, 4.69) is 4.74 Å². The van der Waals surface area contributed by atoms with Crippen molar-refractivity contribution in [3.8, 4) is 11.5 Å². The minimum Gasteiger partial charge on any atom is -0.493 e. The summed E-state index contributed by atoms with van der Waals surface area (Å²) in [6.45, 7) is -0.470. The number of rotatable bonds is 6. The van der Waals surface area contributed by atoms with Crippen LogP contribution in [0.15, 0.2) is 47.4 Å². The standard InChI is InChI=1S/C21H16ClNO7S/c1-28-15-8-7-12(9-16(15)30-20(26)13-5-3-4-6-14(13)22)10-17-19(25)23(21(27)31-17)11-18(24)29-2/h3-10H,11H2,1-2H3/b17-10-. The number of carbonyl (C=O) groups excluding carboxylic acids is 4. The molecule has 2 aromatic carbocycles. The average molecular weight is 462 g/mol. The van der Waals surface area contributed by atoms with E-state index in [1.807, 2.05) is 0 Å². The number of imide groups is 1. The van der Waals surface area contributed by atoms with E-state index in [0.29, 0.717) is 17.3 Å². The summed E-state index contributed by atoms with van der Waals surface area (Å²) in [6.07, 6.45) is 1.45. The highest BCUT2D eigenvalue weighted by atomic mass is 35.5. The van der Waals surface area contributed by atoms with Gasteiger partial charge in [0.1, 0.15) is 6.54 Å². The Hall–Kier alpha value is -3.30. The Morgan fingerprint density at radius 1 is 1.10 bits per heavy atom. The smallest absolute Gasteiger partial charge is 0.345 e. The first-order chi connectivity index (χ1) is 14.8. The van der Waals surface area contributed by atoms with Crippen molar-refractivity contribution >= 4 is 52.5 Å². The summed E-state index contributed by atoms with van der Waals surface area (Å²) in [6, 6.07) is 11.1. The first-order valence-electron chi connectivity index (χ1n) is 8.81. The molecule has 1 heterocycles. The number of hydrogen-bond acceptors (Lipinski definition) is 8. The zero-order chi connectivity index (χ0) is 22.5. The molecule has 0 saturated carbocycles. The molecule has 1 aliphatic heterocycles. The van der Waals surface area contributed by atoms with Crippen molar-refractivity contribution in [3.63, 3.8) is 0 Å². The van der Waals surface area contributed by atoms with Crippen molar-refractivity contribution in [3.05, 3.63) is 63.5 Å². The van der Waals surface area contributed by atoms with Crippen LogP contribution in [0.1, 0.15) is 15.9 Å². The molecule has 0 spiro atoms. The minimum absolute atomic E-state index is 0.106. The summed E-state index contributed by atoms with van der Waals surface area (Å²) in [7, 11) is 2.58. The number of carbonyl (C=O) groups is 4. The number of benzene rings is 2. The van der Waals surface area contributed by atoms with Gasteiger partial charge >= 0.3 is 11.9 Å². The van der Waals surface area contributed by atoms with E-state index in [-0.39, 0.29) is 27.0 Å². The van der Waals surface area contributed by atoms with Crippen LogP contribution in [0.3, 0.4) is 0 Å². The van der Waals surface area contributed by atoms with Crippen molar-refractivity contribution in [2.45, 2.75) is 0 Å². The molecule has 10 heteroatoms. The Morgan fingerprint density at radius 2 is 1.84 bits per heavy atom. The van der Waals surface area contributed by atoms with Gasteiger partial charge in [0.2, 0.25) is 0 Å². The van der Waals surface area contributed by atoms with Gasteiger partial charge in [-0.15, -0.1) is 0 Å². The fourth-order valence-corrected chi connectivity index (χ4v) is 3.68. The van der Waals surface area contributed by atoms with Crippen LogP contribution in [0.4, 0.5) is 4.79 Å². The summed E-state index contributed by atoms with van der Waals surface area (Å²) in [4.78, 5) is 49.3. The third kappa shape index (κ3) is 5.07. The normalized spacial score (nSPS) is 14.7. The Kier molecular flexibility index (Phi) is 6.98. The maximum absolute atomic E-state index is 12.5. The van der Waals surface area contributed by atoms with Gasteiger partial charge in [-0.1, -0.05) is 29.8 Å². The molecule has 2 amide bonds. The predicted molar refractivity (Wildman–Crippen MR) is 114 cm³/mol. The highest BCUT2D eigenvalue weighted by Gasteiger charge is 2.36. The van der Waals surface area contributed by atoms with Gasteiger partial charge in [0.25, 0.3) is 11.1 Å². The first kappa shape index (κ1) is 22.4. The molecule has 0 unspecified atom stereocenters. The van der Waals surface area contributed by atoms with Crippen LogP contribution in [0.2, 0.25) is 5.02 Å². The third-order valence-electron chi connectivity index (χ3n) is 4.17. The van der Waals surface area contributed by atoms with Gasteiger partial charge in [-0.25, -0.2) is 4.79 Å². The molecule has 0 bridgehead atoms. The quantitative estimate of drug-likeness (QED) is 0.364. The highest BCUT2D eigenvalue weighted by Crippen LogP contribution is 2.35. The SMILES string of the molecule is COC(=O)CN1C(=O)S/C(=C\c2ccc(OC)c(OC(=O)c3ccccc3Cl)c2)C1=O. The molecule has 31 heavy (non-hydrogen) atoms. The lowest BCUT2D eigenvalue weighted by Gasteiger charge is -2.11. The van der Waals surface area contributed by atoms with Crippen LogP contribution < -0.4 is 9.47 Å². The lowest BCUT2D eigenvalue weighted by atomic mass is 10.1. The molecule has 0 aromatic heterocycles. The first-order valence-corrected chi connectivity index (χ1v) is 10.0. The van der Waals surface area contributed by atoms with Crippen molar-refractivity contribution in [1.29, 1.82) is 0 Å². The van der Waals surface area contributed by atoms with Crippen molar-refractivity contribution < 1.29 is 33.4 Å². The van der Waals surface area contributed by atoms with Crippen LogP contribution in [-0.4, -0.2) is 48.7 Å². The zero-order valence-corrected chi connectivity index (χ0v) is 18.0. The monoisotopic (exact) mass is 461 g/mol. The number of halogens is 1. The van der Waals surface area contributed by atoms with E-state index >= 15 is 0 Å². The topological polar surface area (TPSA) is 99.2 Å². The van der Waals surface area contributed by atoms with E-state index in [9.17, 15) is 19.2 Å². The van der Waals surface area contributed by atoms with Gasteiger partial charge in [-0.2, -0.15) is 0 Å². The molecule has 0 radical (unpaired) electrons. The fourth-order valence-electron chi connectivity index (χ4n) is 2.63. The van der Waals surface area contributed by atoms with Crippen LogP contribution >= 0.6 is 23.4 Å². The molecule has 0 N–H and O–H groups in total. The van der Waals surface area contributed by atoms with E-state index in [1.54, 1.807) is 30.3 Å². The Balaban J connectivity index is 1.86. The third-order valence-corrected chi connectivity index (χ3v) is 5.41. The Morgan fingerprint density at radius 3 is 2.52 bits per heavy atom. The largest absolute Gasteiger partial charge is 0.493 e. The van der Waals surface area contributed by atoms with Gasteiger partial charge in [0.15, 0.2) is 11.5 Å². The number of esters is 2. The number of ether oxygens (including phenoxy) is 3. The van der Waals surface area contributed by atoms with Gasteiger partial charge in [-0.05, 0) is 47.7 Å². The molecule has 1 fully saturated rings. The summed E-state index contributed by atoms with van der Waals surface area (Å²) < 4.78 is 15.2.